The molecule has 3 aromatic rings. The highest BCUT2D eigenvalue weighted by Gasteiger charge is 2.21. The number of aromatic nitrogens is 1. The molecule has 1 amide bonds. The van der Waals surface area contributed by atoms with Crippen LogP contribution in [0, 0.1) is 5.82 Å². The van der Waals surface area contributed by atoms with Crippen LogP contribution in [0.1, 0.15) is 15.9 Å². The Hall–Kier alpha value is -2.20. The molecule has 0 aliphatic rings. The lowest BCUT2D eigenvalue weighted by molar-refractivity contribution is 0.0950. The molecular formula is C17H12Cl2FN3O3S2. The molecule has 0 saturated carbocycles. The van der Waals surface area contributed by atoms with E-state index >= 15 is 0 Å². The summed E-state index contributed by atoms with van der Waals surface area (Å²) >= 11 is 12.8. The largest absolute Gasteiger partial charge is 0.348 e. The van der Waals surface area contributed by atoms with Crippen LogP contribution in [0.3, 0.4) is 0 Å². The van der Waals surface area contributed by atoms with Gasteiger partial charge < -0.3 is 5.32 Å². The minimum Gasteiger partial charge on any atom is -0.348 e. The fourth-order valence-corrected chi connectivity index (χ4v) is 4.41. The van der Waals surface area contributed by atoms with Gasteiger partial charge in [-0.1, -0.05) is 29.3 Å². The van der Waals surface area contributed by atoms with Crippen molar-refractivity contribution < 1.29 is 17.6 Å². The van der Waals surface area contributed by atoms with E-state index in [-0.39, 0.29) is 17.2 Å². The molecule has 0 bridgehead atoms. The molecule has 0 atom stereocenters. The summed E-state index contributed by atoms with van der Waals surface area (Å²) in [5.74, 6) is -1.62. The van der Waals surface area contributed by atoms with E-state index in [4.69, 9.17) is 23.2 Å². The zero-order valence-corrected chi connectivity index (χ0v) is 17.1. The second-order valence-electron chi connectivity index (χ2n) is 5.52. The van der Waals surface area contributed by atoms with Crippen molar-refractivity contribution in [2.24, 2.45) is 0 Å². The number of anilines is 1. The predicted octanol–water partition coefficient (Wildman–Crippen LogP) is 4.32. The highest BCUT2D eigenvalue weighted by atomic mass is 35.5. The zero-order valence-electron chi connectivity index (χ0n) is 13.9. The molecule has 2 aromatic carbocycles. The molecule has 0 fully saturated rings. The third kappa shape index (κ3) is 4.79. The first kappa shape index (κ1) is 20.5. The lowest BCUT2D eigenvalue weighted by Gasteiger charge is -2.09. The SMILES string of the molecule is O=C(NCc1ccc(Cl)c(Cl)c1)c1ccc(S(=O)(=O)Nc2nccs2)c(F)c1. The molecule has 0 unspecified atom stereocenters. The number of sulfonamides is 1. The van der Waals surface area contributed by atoms with Crippen LogP contribution in [0.5, 0.6) is 0 Å². The monoisotopic (exact) mass is 459 g/mol. The van der Waals surface area contributed by atoms with Gasteiger partial charge in [0.1, 0.15) is 10.7 Å². The van der Waals surface area contributed by atoms with Crippen molar-refractivity contribution in [3.8, 4) is 0 Å². The summed E-state index contributed by atoms with van der Waals surface area (Å²) in [6.45, 7) is 0.142. The summed E-state index contributed by atoms with van der Waals surface area (Å²) in [6.07, 6.45) is 1.42. The lowest BCUT2D eigenvalue weighted by Crippen LogP contribution is -2.23. The van der Waals surface area contributed by atoms with Gasteiger partial charge in [-0.3, -0.25) is 9.52 Å². The van der Waals surface area contributed by atoms with Gasteiger partial charge in [0.05, 0.1) is 10.0 Å². The van der Waals surface area contributed by atoms with Crippen LogP contribution >= 0.6 is 34.5 Å². The number of hydrogen-bond donors (Lipinski definition) is 2. The van der Waals surface area contributed by atoms with Crippen LogP contribution in [-0.2, 0) is 16.6 Å². The molecule has 0 radical (unpaired) electrons. The third-order valence-electron chi connectivity index (χ3n) is 3.57. The fraction of sp³-hybridized carbons (Fsp3) is 0.0588. The Morgan fingerprint density at radius 1 is 1.14 bits per heavy atom. The van der Waals surface area contributed by atoms with Gasteiger partial charge in [-0.05, 0) is 35.9 Å². The summed E-state index contributed by atoms with van der Waals surface area (Å²) < 4.78 is 41.1. The normalized spacial score (nSPS) is 11.2. The van der Waals surface area contributed by atoms with Crippen LogP contribution in [0.25, 0.3) is 0 Å². The maximum Gasteiger partial charge on any atom is 0.266 e. The molecule has 11 heteroatoms. The van der Waals surface area contributed by atoms with Crippen molar-refractivity contribution >= 4 is 55.6 Å². The second kappa shape index (κ2) is 8.44. The maximum absolute atomic E-state index is 14.3. The summed E-state index contributed by atoms with van der Waals surface area (Å²) in [5.41, 5.74) is 0.681. The van der Waals surface area contributed by atoms with E-state index in [9.17, 15) is 17.6 Å². The zero-order chi connectivity index (χ0) is 20.3. The van der Waals surface area contributed by atoms with E-state index < -0.39 is 26.6 Å². The Kier molecular flexibility index (Phi) is 6.19. The Balaban J connectivity index is 1.72. The molecule has 28 heavy (non-hydrogen) atoms. The Morgan fingerprint density at radius 2 is 1.93 bits per heavy atom. The van der Waals surface area contributed by atoms with Gasteiger partial charge in [-0.25, -0.2) is 17.8 Å². The number of halogens is 3. The van der Waals surface area contributed by atoms with Gasteiger partial charge in [0, 0.05) is 23.7 Å². The van der Waals surface area contributed by atoms with Gasteiger partial charge >= 0.3 is 0 Å². The predicted molar refractivity (Wildman–Crippen MR) is 107 cm³/mol. The number of rotatable bonds is 6. The summed E-state index contributed by atoms with van der Waals surface area (Å²) in [5, 5.41) is 5.04. The van der Waals surface area contributed by atoms with Gasteiger partial charge in [0.15, 0.2) is 5.13 Å². The Morgan fingerprint density at radius 3 is 2.57 bits per heavy atom. The van der Waals surface area contributed by atoms with Crippen LogP contribution < -0.4 is 10.0 Å². The molecule has 0 aliphatic carbocycles. The summed E-state index contributed by atoms with van der Waals surface area (Å²) in [4.78, 5) is 15.4. The van der Waals surface area contributed by atoms with E-state index in [1.165, 1.54) is 12.3 Å². The number of carbonyl (C=O) groups excluding carboxylic acids is 1. The molecule has 0 spiro atoms. The number of amides is 1. The highest BCUT2D eigenvalue weighted by molar-refractivity contribution is 7.93. The van der Waals surface area contributed by atoms with Gasteiger partial charge in [0.25, 0.3) is 15.9 Å². The van der Waals surface area contributed by atoms with E-state index in [1.54, 1.807) is 23.6 Å². The van der Waals surface area contributed by atoms with Gasteiger partial charge in [-0.2, -0.15) is 0 Å². The molecule has 0 aliphatic heterocycles. The number of hydrogen-bond acceptors (Lipinski definition) is 5. The molecule has 3 rings (SSSR count). The van der Waals surface area contributed by atoms with Crippen molar-refractivity contribution in [2.75, 3.05) is 4.72 Å². The van der Waals surface area contributed by atoms with Crippen LogP contribution in [-0.4, -0.2) is 19.3 Å². The third-order valence-corrected chi connectivity index (χ3v) is 6.50. The van der Waals surface area contributed by atoms with E-state index in [2.05, 4.69) is 15.0 Å². The molecule has 6 nitrogen and oxygen atoms in total. The van der Waals surface area contributed by atoms with Crippen molar-refractivity contribution in [3.05, 3.63) is 75.0 Å². The molecular weight excluding hydrogens is 448 g/mol. The maximum atomic E-state index is 14.3. The number of carbonyl (C=O) groups is 1. The van der Waals surface area contributed by atoms with Crippen molar-refractivity contribution in [1.82, 2.24) is 10.3 Å². The number of nitrogens with zero attached hydrogens (tertiary/aromatic N) is 1. The van der Waals surface area contributed by atoms with E-state index in [1.807, 2.05) is 0 Å². The van der Waals surface area contributed by atoms with Crippen molar-refractivity contribution in [2.45, 2.75) is 11.4 Å². The number of nitrogens with one attached hydrogen (secondary N) is 2. The van der Waals surface area contributed by atoms with E-state index in [0.717, 1.165) is 23.5 Å². The summed E-state index contributed by atoms with van der Waals surface area (Å²) in [7, 11) is -4.16. The van der Waals surface area contributed by atoms with Gasteiger partial charge in [0.2, 0.25) is 0 Å². The van der Waals surface area contributed by atoms with Crippen molar-refractivity contribution in [1.29, 1.82) is 0 Å². The first-order valence-corrected chi connectivity index (χ1v) is 10.8. The van der Waals surface area contributed by atoms with Crippen LogP contribution in [0.15, 0.2) is 52.9 Å². The standard InChI is InChI=1S/C17H12Cl2FN3O3S2/c18-12-3-1-10(7-13(12)19)9-22-16(24)11-2-4-15(14(20)8-11)28(25,26)23-17-21-5-6-27-17/h1-8H,9H2,(H,21,23)(H,22,24). The van der Waals surface area contributed by atoms with Crippen molar-refractivity contribution in [3.63, 3.8) is 0 Å². The smallest absolute Gasteiger partial charge is 0.266 e. The Bertz CT molecular complexity index is 1120. The Labute approximate surface area is 174 Å². The van der Waals surface area contributed by atoms with E-state index in [0.29, 0.717) is 15.6 Å². The number of thiazole rings is 1. The molecule has 146 valence electrons. The average Bonchev–Trinajstić information content (AvgIpc) is 3.14. The first-order chi connectivity index (χ1) is 13.3. The first-order valence-electron chi connectivity index (χ1n) is 7.70. The minimum atomic E-state index is -4.16. The average molecular weight is 460 g/mol. The lowest BCUT2D eigenvalue weighted by atomic mass is 10.2. The molecule has 1 heterocycles. The summed E-state index contributed by atoms with van der Waals surface area (Å²) in [6, 6.07) is 8.00. The van der Waals surface area contributed by atoms with Gasteiger partial charge in [-0.15, -0.1) is 11.3 Å². The highest BCUT2D eigenvalue weighted by Crippen LogP contribution is 2.23. The second-order valence-corrected chi connectivity index (χ2v) is 8.88. The van der Waals surface area contributed by atoms with Crippen LogP contribution in [0.2, 0.25) is 10.0 Å². The molecule has 1 aromatic heterocycles. The fourth-order valence-electron chi connectivity index (χ4n) is 2.24. The quantitative estimate of drug-likeness (QED) is 0.574. The molecule has 0 saturated heterocycles. The molecule has 2 N–H and O–H groups in total. The number of benzene rings is 2. The van der Waals surface area contributed by atoms with Crippen LogP contribution in [0.4, 0.5) is 9.52 Å². The minimum absolute atomic E-state index is 0.0224. The topological polar surface area (TPSA) is 88.2 Å².